The molecule has 1 heterocycles. The lowest BCUT2D eigenvalue weighted by atomic mass is 9.85. The summed E-state index contributed by atoms with van der Waals surface area (Å²) in [4.78, 5) is 1.49. The van der Waals surface area contributed by atoms with Crippen LogP contribution >= 0.6 is 11.8 Å². The minimum absolute atomic E-state index is 0.591. The van der Waals surface area contributed by atoms with Crippen molar-refractivity contribution in [3.8, 4) is 0 Å². The molecule has 1 fully saturated rings. The van der Waals surface area contributed by atoms with Gasteiger partial charge in [0.15, 0.2) is 0 Å². The van der Waals surface area contributed by atoms with Crippen LogP contribution < -0.4 is 5.32 Å². The van der Waals surface area contributed by atoms with Crippen LogP contribution in [0.15, 0.2) is 29.2 Å². The summed E-state index contributed by atoms with van der Waals surface area (Å²) in [6, 6.07) is 10.3. The minimum Gasteiger partial charge on any atom is -0.307 e. The van der Waals surface area contributed by atoms with Crippen LogP contribution in [0.25, 0.3) is 0 Å². The highest BCUT2D eigenvalue weighted by atomic mass is 32.2. The Kier molecular flexibility index (Phi) is 3.95. The third-order valence-electron chi connectivity index (χ3n) is 4.49. The van der Waals surface area contributed by atoms with E-state index in [1.54, 1.807) is 0 Å². The van der Waals surface area contributed by atoms with E-state index in [9.17, 15) is 0 Å². The molecule has 0 amide bonds. The van der Waals surface area contributed by atoms with Crippen LogP contribution in [0.5, 0.6) is 0 Å². The molecular formula is C16H23NS. The predicted molar refractivity (Wildman–Crippen MR) is 79.1 cm³/mol. The molecule has 3 atom stereocenters. The third kappa shape index (κ3) is 2.60. The quantitative estimate of drug-likeness (QED) is 0.847. The SMILES string of the molecule is CC1CCCCC1NC1CCSc2ccccc21. The molecule has 1 aromatic carbocycles. The Hall–Kier alpha value is -0.470. The zero-order chi connectivity index (χ0) is 12.4. The highest BCUT2D eigenvalue weighted by Crippen LogP contribution is 2.37. The first kappa shape index (κ1) is 12.6. The Balaban J connectivity index is 1.73. The van der Waals surface area contributed by atoms with Crippen molar-refractivity contribution >= 4 is 11.8 Å². The second kappa shape index (κ2) is 5.66. The van der Waals surface area contributed by atoms with Gasteiger partial charge >= 0.3 is 0 Å². The fourth-order valence-corrected chi connectivity index (χ4v) is 4.46. The van der Waals surface area contributed by atoms with Gasteiger partial charge in [-0.1, -0.05) is 38.0 Å². The van der Waals surface area contributed by atoms with Crippen molar-refractivity contribution in [1.82, 2.24) is 5.32 Å². The smallest absolute Gasteiger partial charge is 0.0341 e. The highest BCUT2D eigenvalue weighted by molar-refractivity contribution is 7.99. The number of thioether (sulfide) groups is 1. The van der Waals surface area contributed by atoms with Crippen LogP contribution in [0.1, 0.15) is 50.6 Å². The first-order chi connectivity index (χ1) is 8.84. The molecule has 1 saturated carbocycles. The molecule has 18 heavy (non-hydrogen) atoms. The maximum absolute atomic E-state index is 3.95. The molecule has 0 radical (unpaired) electrons. The summed E-state index contributed by atoms with van der Waals surface area (Å²) in [5, 5.41) is 3.95. The predicted octanol–water partition coefficient (Wildman–Crippen LogP) is 4.39. The number of benzene rings is 1. The molecule has 0 bridgehead atoms. The molecule has 0 spiro atoms. The summed E-state index contributed by atoms with van der Waals surface area (Å²) in [5.41, 5.74) is 1.53. The minimum atomic E-state index is 0.591. The number of fused-ring (bicyclic) bond motifs is 1. The molecule has 1 nitrogen and oxygen atoms in total. The highest BCUT2D eigenvalue weighted by Gasteiger charge is 2.27. The molecule has 98 valence electrons. The zero-order valence-corrected chi connectivity index (χ0v) is 12.0. The van der Waals surface area contributed by atoms with Crippen molar-refractivity contribution in [2.75, 3.05) is 5.75 Å². The number of rotatable bonds is 2. The van der Waals surface area contributed by atoms with Gasteiger partial charge in [-0.25, -0.2) is 0 Å². The van der Waals surface area contributed by atoms with Crippen LogP contribution in [0.4, 0.5) is 0 Å². The van der Waals surface area contributed by atoms with Crippen LogP contribution in [-0.4, -0.2) is 11.8 Å². The number of hydrogen-bond acceptors (Lipinski definition) is 2. The largest absolute Gasteiger partial charge is 0.307 e. The van der Waals surface area contributed by atoms with Crippen LogP contribution in [0.2, 0.25) is 0 Å². The topological polar surface area (TPSA) is 12.0 Å². The van der Waals surface area contributed by atoms with Crippen molar-refractivity contribution in [2.24, 2.45) is 5.92 Å². The lowest BCUT2D eigenvalue weighted by Crippen LogP contribution is -2.40. The van der Waals surface area contributed by atoms with Gasteiger partial charge in [0, 0.05) is 17.0 Å². The summed E-state index contributed by atoms with van der Waals surface area (Å²) in [6.07, 6.45) is 6.89. The first-order valence-electron chi connectivity index (χ1n) is 7.32. The van der Waals surface area contributed by atoms with Gasteiger partial charge in [0.25, 0.3) is 0 Å². The summed E-state index contributed by atoms with van der Waals surface area (Å²) in [7, 11) is 0. The van der Waals surface area contributed by atoms with Gasteiger partial charge < -0.3 is 5.32 Å². The lowest BCUT2D eigenvalue weighted by molar-refractivity contribution is 0.255. The van der Waals surface area contributed by atoms with Crippen LogP contribution in [-0.2, 0) is 0 Å². The van der Waals surface area contributed by atoms with Gasteiger partial charge in [-0.05, 0) is 42.6 Å². The Labute approximate surface area is 115 Å². The van der Waals surface area contributed by atoms with Crippen molar-refractivity contribution < 1.29 is 0 Å². The third-order valence-corrected chi connectivity index (χ3v) is 5.61. The Bertz CT molecular complexity index is 404. The first-order valence-corrected chi connectivity index (χ1v) is 8.31. The summed E-state index contributed by atoms with van der Waals surface area (Å²) in [5.74, 6) is 2.11. The van der Waals surface area contributed by atoms with Crippen LogP contribution in [0, 0.1) is 5.92 Å². The van der Waals surface area contributed by atoms with Gasteiger partial charge in [0.2, 0.25) is 0 Å². The molecular weight excluding hydrogens is 238 g/mol. The van der Waals surface area contributed by atoms with Crippen molar-refractivity contribution in [2.45, 2.75) is 56.0 Å². The lowest BCUT2D eigenvalue weighted by Gasteiger charge is -2.35. The van der Waals surface area contributed by atoms with Gasteiger partial charge in [-0.3, -0.25) is 0 Å². The zero-order valence-electron chi connectivity index (χ0n) is 11.2. The standard InChI is InChI=1S/C16H23NS/c1-12-6-2-4-8-14(12)17-15-10-11-18-16-9-5-3-7-13(15)16/h3,5,7,9,12,14-15,17H,2,4,6,8,10-11H2,1H3. The van der Waals surface area contributed by atoms with Gasteiger partial charge in [-0.2, -0.15) is 0 Å². The second-order valence-corrected chi connectivity index (χ2v) is 6.90. The van der Waals surface area contributed by atoms with Crippen molar-refractivity contribution in [3.63, 3.8) is 0 Å². The molecule has 0 saturated heterocycles. The summed E-state index contributed by atoms with van der Waals surface area (Å²) < 4.78 is 0. The van der Waals surface area contributed by atoms with E-state index in [4.69, 9.17) is 0 Å². The molecule has 3 rings (SSSR count). The van der Waals surface area contributed by atoms with Crippen molar-refractivity contribution in [3.05, 3.63) is 29.8 Å². The van der Waals surface area contributed by atoms with Crippen LogP contribution in [0.3, 0.4) is 0 Å². The van der Waals surface area contributed by atoms with E-state index in [0.29, 0.717) is 6.04 Å². The molecule has 0 aromatic heterocycles. The normalized spacial score (nSPS) is 31.9. The molecule has 1 aromatic rings. The molecule has 1 N–H and O–H groups in total. The van der Waals surface area contributed by atoms with Gasteiger partial charge in [0.05, 0.1) is 0 Å². The summed E-state index contributed by atoms with van der Waals surface area (Å²) >= 11 is 2.02. The van der Waals surface area contributed by atoms with E-state index >= 15 is 0 Å². The molecule has 2 heteroatoms. The molecule has 1 aliphatic heterocycles. The maximum atomic E-state index is 3.95. The molecule has 3 unspecified atom stereocenters. The van der Waals surface area contributed by atoms with Gasteiger partial charge in [0.1, 0.15) is 0 Å². The van der Waals surface area contributed by atoms with Gasteiger partial charge in [-0.15, -0.1) is 11.8 Å². The van der Waals surface area contributed by atoms with E-state index in [1.807, 2.05) is 11.8 Å². The Morgan fingerprint density at radius 1 is 1.11 bits per heavy atom. The summed E-state index contributed by atoms with van der Waals surface area (Å²) in [6.45, 7) is 2.42. The van der Waals surface area contributed by atoms with E-state index in [1.165, 1.54) is 48.3 Å². The Morgan fingerprint density at radius 2 is 1.94 bits per heavy atom. The molecule has 2 aliphatic rings. The van der Waals surface area contributed by atoms with E-state index in [2.05, 4.69) is 36.5 Å². The second-order valence-electron chi connectivity index (χ2n) is 5.76. The fourth-order valence-electron chi connectivity index (χ4n) is 3.34. The van der Waals surface area contributed by atoms with E-state index in [-0.39, 0.29) is 0 Å². The fraction of sp³-hybridized carbons (Fsp3) is 0.625. The average Bonchev–Trinajstić information content (AvgIpc) is 2.42. The van der Waals surface area contributed by atoms with E-state index in [0.717, 1.165) is 12.0 Å². The average molecular weight is 261 g/mol. The van der Waals surface area contributed by atoms with Crippen molar-refractivity contribution in [1.29, 1.82) is 0 Å². The Morgan fingerprint density at radius 3 is 2.83 bits per heavy atom. The van der Waals surface area contributed by atoms with E-state index < -0.39 is 0 Å². The molecule has 1 aliphatic carbocycles. The number of nitrogens with one attached hydrogen (secondary N) is 1. The monoisotopic (exact) mass is 261 g/mol. The number of hydrogen-bond donors (Lipinski definition) is 1. The maximum Gasteiger partial charge on any atom is 0.0341 e.